The minimum atomic E-state index is -3.14. The number of rotatable bonds is 5. The summed E-state index contributed by atoms with van der Waals surface area (Å²) < 4.78 is 25.4. The first-order chi connectivity index (χ1) is 12.4. The van der Waals surface area contributed by atoms with Crippen LogP contribution in [0.3, 0.4) is 0 Å². The first-order valence-corrected chi connectivity index (χ1v) is 11.4. The van der Waals surface area contributed by atoms with Gasteiger partial charge in [0.05, 0.1) is 11.8 Å². The Morgan fingerprint density at radius 1 is 1.19 bits per heavy atom. The number of fused-ring (bicyclic) bond motifs is 1. The fourth-order valence-electron chi connectivity index (χ4n) is 4.02. The van der Waals surface area contributed by atoms with Gasteiger partial charge in [0.15, 0.2) is 0 Å². The highest BCUT2D eigenvalue weighted by Gasteiger charge is 2.30. The first-order valence-electron chi connectivity index (χ1n) is 9.80. The predicted octanol–water partition coefficient (Wildman–Crippen LogP) is 2.80. The first kappa shape index (κ1) is 19.4. The molecule has 1 saturated heterocycles. The van der Waals surface area contributed by atoms with E-state index < -0.39 is 10.0 Å². The third kappa shape index (κ3) is 4.29. The van der Waals surface area contributed by atoms with Crippen LogP contribution in [0.1, 0.15) is 62.3 Å². The minimum absolute atomic E-state index is 0.0212. The van der Waals surface area contributed by atoms with Crippen LogP contribution in [0.15, 0.2) is 18.2 Å². The van der Waals surface area contributed by atoms with E-state index in [0.29, 0.717) is 25.9 Å². The maximum absolute atomic E-state index is 12.6. The topological polar surface area (TPSA) is 66.5 Å². The van der Waals surface area contributed by atoms with Crippen molar-refractivity contribution in [2.45, 2.75) is 58.4 Å². The lowest BCUT2D eigenvalue weighted by Gasteiger charge is -2.31. The average Bonchev–Trinajstić information content (AvgIpc) is 2.67. The Labute approximate surface area is 157 Å². The molecule has 1 aliphatic heterocycles. The molecule has 1 heterocycles. The fourth-order valence-corrected chi connectivity index (χ4v) is 5.15. The van der Waals surface area contributed by atoms with Crippen molar-refractivity contribution in [3.63, 3.8) is 0 Å². The van der Waals surface area contributed by atoms with Crippen molar-refractivity contribution < 1.29 is 13.2 Å². The Morgan fingerprint density at radius 3 is 2.50 bits per heavy atom. The lowest BCUT2D eigenvalue weighted by molar-refractivity contribution is -0.126. The maximum atomic E-state index is 12.6. The van der Waals surface area contributed by atoms with E-state index in [2.05, 4.69) is 23.5 Å². The Hall–Kier alpha value is -1.40. The molecule has 1 aromatic rings. The van der Waals surface area contributed by atoms with Crippen molar-refractivity contribution in [2.24, 2.45) is 5.92 Å². The van der Waals surface area contributed by atoms with Gasteiger partial charge in [-0.2, -0.15) is 0 Å². The molecular weight excluding hydrogens is 348 g/mol. The molecule has 2 aliphatic rings. The molecule has 5 nitrogen and oxygen atoms in total. The van der Waals surface area contributed by atoms with Crippen molar-refractivity contribution in [3.05, 3.63) is 34.9 Å². The minimum Gasteiger partial charge on any atom is -0.349 e. The zero-order chi connectivity index (χ0) is 18.7. The summed E-state index contributed by atoms with van der Waals surface area (Å²) in [5, 5.41) is 3.13. The molecular formula is C20H30N2O3S. The Bertz CT molecular complexity index is 752. The molecule has 0 spiro atoms. The molecule has 1 atom stereocenters. The maximum Gasteiger partial charge on any atom is 0.223 e. The standard InChI is InChI=1S/C20H30N2O3S/c1-3-26(24,25)22-12-10-17(11-13-22)20(23)21-15(2)18-9-8-16-6-4-5-7-19(16)14-18/h8-9,14-15,17H,3-7,10-13H2,1-2H3,(H,21,23). The summed E-state index contributed by atoms with van der Waals surface area (Å²) in [6, 6.07) is 6.56. The summed E-state index contributed by atoms with van der Waals surface area (Å²) in [6.45, 7) is 4.58. The smallest absolute Gasteiger partial charge is 0.223 e. The van der Waals surface area contributed by atoms with Crippen LogP contribution in [0.5, 0.6) is 0 Å². The van der Waals surface area contributed by atoms with Crippen molar-refractivity contribution >= 4 is 15.9 Å². The van der Waals surface area contributed by atoms with Crippen LogP contribution in [-0.4, -0.2) is 37.5 Å². The second-order valence-electron chi connectivity index (χ2n) is 7.54. The monoisotopic (exact) mass is 378 g/mol. The Morgan fingerprint density at radius 2 is 1.85 bits per heavy atom. The fraction of sp³-hybridized carbons (Fsp3) is 0.650. The summed E-state index contributed by atoms with van der Waals surface area (Å²) in [7, 11) is -3.14. The van der Waals surface area contributed by atoms with Gasteiger partial charge in [-0.1, -0.05) is 18.2 Å². The van der Waals surface area contributed by atoms with Crippen molar-refractivity contribution in [2.75, 3.05) is 18.8 Å². The summed E-state index contributed by atoms with van der Waals surface area (Å²) in [4.78, 5) is 12.6. The van der Waals surface area contributed by atoms with Gasteiger partial charge < -0.3 is 5.32 Å². The van der Waals surface area contributed by atoms with Crippen LogP contribution in [0.25, 0.3) is 0 Å². The van der Waals surface area contributed by atoms with Gasteiger partial charge in [-0.05, 0) is 69.1 Å². The van der Waals surface area contributed by atoms with E-state index in [-0.39, 0.29) is 23.6 Å². The van der Waals surface area contributed by atoms with Gasteiger partial charge in [0.1, 0.15) is 0 Å². The van der Waals surface area contributed by atoms with Gasteiger partial charge in [-0.25, -0.2) is 12.7 Å². The Kier molecular flexibility index (Phi) is 6.03. The lowest BCUT2D eigenvalue weighted by Crippen LogP contribution is -2.43. The van der Waals surface area contributed by atoms with E-state index in [9.17, 15) is 13.2 Å². The molecule has 1 N–H and O–H groups in total. The van der Waals surface area contributed by atoms with Gasteiger partial charge in [-0.15, -0.1) is 0 Å². The molecule has 1 aliphatic carbocycles. The van der Waals surface area contributed by atoms with E-state index in [1.165, 1.54) is 28.3 Å². The quantitative estimate of drug-likeness (QED) is 0.857. The highest BCUT2D eigenvalue weighted by atomic mass is 32.2. The van der Waals surface area contributed by atoms with Crippen LogP contribution < -0.4 is 5.32 Å². The lowest BCUT2D eigenvalue weighted by atomic mass is 9.89. The third-order valence-corrected chi connectivity index (χ3v) is 7.70. The van der Waals surface area contributed by atoms with Crippen LogP contribution in [-0.2, 0) is 27.7 Å². The zero-order valence-corrected chi connectivity index (χ0v) is 16.6. The van der Waals surface area contributed by atoms with E-state index in [1.807, 2.05) is 6.92 Å². The zero-order valence-electron chi connectivity index (χ0n) is 15.8. The number of carbonyl (C=O) groups excluding carboxylic acids is 1. The molecule has 0 radical (unpaired) electrons. The SMILES string of the molecule is CCS(=O)(=O)N1CCC(C(=O)NC(C)c2ccc3c(c2)CCCC3)CC1. The molecule has 0 saturated carbocycles. The number of nitrogens with zero attached hydrogens (tertiary/aromatic N) is 1. The van der Waals surface area contributed by atoms with Gasteiger partial charge in [0.25, 0.3) is 0 Å². The van der Waals surface area contributed by atoms with Gasteiger partial charge >= 0.3 is 0 Å². The van der Waals surface area contributed by atoms with Crippen LogP contribution >= 0.6 is 0 Å². The molecule has 1 fully saturated rings. The van der Waals surface area contributed by atoms with E-state index in [0.717, 1.165) is 18.4 Å². The summed E-state index contributed by atoms with van der Waals surface area (Å²) in [5.74, 6) is 0.0707. The third-order valence-electron chi connectivity index (χ3n) is 5.81. The normalized spacial score (nSPS) is 20.4. The number of carbonyl (C=O) groups is 1. The molecule has 26 heavy (non-hydrogen) atoms. The summed E-state index contributed by atoms with van der Waals surface area (Å²) in [5.41, 5.74) is 4.03. The molecule has 1 aromatic carbocycles. The van der Waals surface area contributed by atoms with E-state index in [1.54, 1.807) is 6.92 Å². The van der Waals surface area contributed by atoms with Crippen molar-refractivity contribution in [1.82, 2.24) is 9.62 Å². The summed E-state index contributed by atoms with van der Waals surface area (Å²) >= 11 is 0. The van der Waals surface area contributed by atoms with Crippen molar-refractivity contribution in [3.8, 4) is 0 Å². The number of sulfonamides is 1. The molecule has 0 bridgehead atoms. The molecule has 0 aromatic heterocycles. The van der Waals surface area contributed by atoms with Crippen LogP contribution in [0, 0.1) is 5.92 Å². The summed E-state index contributed by atoms with van der Waals surface area (Å²) in [6.07, 6.45) is 6.01. The van der Waals surface area contributed by atoms with E-state index >= 15 is 0 Å². The largest absolute Gasteiger partial charge is 0.349 e. The predicted molar refractivity (Wildman–Crippen MR) is 103 cm³/mol. The number of nitrogens with one attached hydrogen (secondary N) is 1. The van der Waals surface area contributed by atoms with Gasteiger partial charge in [0, 0.05) is 19.0 Å². The van der Waals surface area contributed by atoms with E-state index in [4.69, 9.17) is 0 Å². The van der Waals surface area contributed by atoms with Crippen LogP contribution in [0.4, 0.5) is 0 Å². The molecule has 1 unspecified atom stereocenters. The highest BCUT2D eigenvalue weighted by molar-refractivity contribution is 7.89. The number of benzene rings is 1. The molecule has 3 rings (SSSR count). The second kappa shape index (κ2) is 8.09. The highest BCUT2D eigenvalue weighted by Crippen LogP contribution is 2.26. The average molecular weight is 379 g/mol. The van der Waals surface area contributed by atoms with Crippen LogP contribution in [0.2, 0.25) is 0 Å². The Balaban J connectivity index is 1.57. The number of hydrogen-bond donors (Lipinski definition) is 1. The second-order valence-corrected chi connectivity index (χ2v) is 9.80. The van der Waals surface area contributed by atoms with Gasteiger partial charge in [0.2, 0.25) is 15.9 Å². The van der Waals surface area contributed by atoms with Crippen molar-refractivity contribution in [1.29, 1.82) is 0 Å². The number of aryl methyl sites for hydroxylation is 2. The number of hydrogen-bond acceptors (Lipinski definition) is 3. The molecule has 6 heteroatoms. The molecule has 144 valence electrons. The number of amides is 1. The number of piperidine rings is 1. The molecule has 1 amide bonds. The van der Waals surface area contributed by atoms with Gasteiger partial charge in [-0.3, -0.25) is 4.79 Å².